The molecule has 210 valence electrons. The van der Waals surface area contributed by atoms with Gasteiger partial charge in [-0.05, 0) is 92.8 Å². The van der Waals surface area contributed by atoms with Crippen molar-refractivity contribution in [2.45, 2.75) is 32.6 Å². The number of benzene rings is 4. The van der Waals surface area contributed by atoms with Gasteiger partial charge in [0.2, 0.25) is 0 Å². The number of nitrogens with one attached hydrogen (secondary N) is 1. The van der Waals surface area contributed by atoms with Gasteiger partial charge in [0.05, 0.1) is 18.0 Å². The van der Waals surface area contributed by atoms with Gasteiger partial charge in [-0.1, -0.05) is 48.5 Å². The zero-order chi connectivity index (χ0) is 28.4. The second kappa shape index (κ2) is 13.7. The summed E-state index contributed by atoms with van der Waals surface area (Å²) in [5.41, 5.74) is 4.86. The average Bonchev–Trinajstić information content (AvgIpc) is 3.19. The summed E-state index contributed by atoms with van der Waals surface area (Å²) in [5.74, 6) is 0.724. The van der Waals surface area contributed by atoms with Crippen LogP contribution < -0.4 is 19.9 Å². The quantitative estimate of drug-likeness (QED) is 0.211. The molecule has 0 radical (unpaired) electrons. The zero-order valence-electron chi connectivity index (χ0n) is 23.6. The number of hydrogen-bond donors (Lipinski definition) is 1. The van der Waals surface area contributed by atoms with E-state index in [-0.39, 0.29) is 11.8 Å². The number of carbonyl (C=O) groups excluding carboxylic acids is 2. The highest BCUT2D eigenvalue weighted by atomic mass is 16.5. The van der Waals surface area contributed by atoms with E-state index in [0.29, 0.717) is 23.4 Å². The fourth-order valence-corrected chi connectivity index (χ4v) is 5.23. The number of carbonyl (C=O) groups is 2. The molecule has 4 aromatic carbocycles. The summed E-state index contributed by atoms with van der Waals surface area (Å²) >= 11 is 0. The number of unbranched alkanes of at least 4 members (excludes halogenated alkanes) is 2. The lowest BCUT2D eigenvalue weighted by Gasteiger charge is -2.27. The Morgan fingerprint density at radius 1 is 0.756 bits per heavy atom. The van der Waals surface area contributed by atoms with Crippen LogP contribution in [0.2, 0.25) is 0 Å². The molecular formula is C35H37N3O3. The molecule has 4 aromatic rings. The van der Waals surface area contributed by atoms with E-state index in [2.05, 4.69) is 16.3 Å². The Bertz CT molecular complexity index is 1450. The highest BCUT2D eigenvalue weighted by Crippen LogP contribution is 2.33. The maximum atomic E-state index is 13.7. The van der Waals surface area contributed by atoms with Crippen LogP contribution in [0.25, 0.3) is 0 Å². The van der Waals surface area contributed by atoms with Crippen LogP contribution in [-0.4, -0.2) is 38.1 Å². The van der Waals surface area contributed by atoms with Gasteiger partial charge in [0, 0.05) is 36.4 Å². The van der Waals surface area contributed by atoms with E-state index in [9.17, 15) is 9.59 Å². The number of fused-ring (bicyclic) bond motifs is 1. The molecule has 6 heteroatoms. The fourth-order valence-electron chi connectivity index (χ4n) is 5.23. The van der Waals surface area contributed by atoms with Crippen molar-refractivity contribution in [1.29, 1.82) is 0 Å². The van der Waals surface area contributed by atoms with Gasteiger partial charge in [0.1, 0.15) is 5.75 Å². The molecule has 5 rings (SSSR count). The van der Waals surface area contributed by atoms with Crippen molar-refractivity contribution < 1.29 is 14.3 Å². The van der Waals surface area contributed by atoms with E-state index in [0.717, 1.165) is 68.1 Å². The Hall–Kier alpha value is -4.58. The molecular weight excluding hydrogens is 510 g/mol. The van der Waals surface area contributed by atoms with Crippen molar-refractivity contribution in [3.63, 3.8) is 0 Å². The van der Waals surface area contributed by atoms with E-state index in [1.807, 2.05) is 84.6 Å². The molecule has 0 saturated carbocycles. The molecule has 1 heterocycles. The number of ether oxygens (including phenoxy) is 1. The number of rotatable bonds is 10. The van der Waals surface area contributed by atoms with E-state index >= 15 is 0 Å². The van der Waals surface area contributed by atoms with Gasteiger partial charge in [-0.3, -0.25) is 9.59 Å². The monoisotopic (exact) mass is 547 g/mol. The Labute approximate surface area is 242 Å². The van der Waals surface area contributed by atoms with Crippen LogP contribution in [0.4, 0.5) is 17.1 Å². The molecule has 1 aliphatic heterocycles. The van der Waals surface area contributed by atoms with E-state index in [1.165, 1.54) is 0 Å². The van der Waals surface area contributed by atoms with Crippen LogP contribution >= 0.6 is 0 Å². The average molecular weight is 548 g/mol. The van der Waals surface area contributed by atoms with Gasteiger partial charge in [0.25, 0.3) is 11.8 Å². The Kier molecular flexibility index (Phi) is 9.32. The summed E-state index contributed by atoms with van der Waals surface area (Å²) in [7, 11) is 0. The van der Waals surface area contributed by atoms with E-state index < -0.39 is 0 Å². The smallest absolute Gasteiger partial charge is 0.258 e. The molecule has 41 heavy (non-hydrogen) atoms. The lowest BCUT2D eigenvalue weighted by atomic mass is 10.1. The first kappa shape index (κ1) is 28.0. The molecule has 0 saturated heterocycles. The minimum absolute atomic E-state index is 0.0332. The molecule has 6 nitrogen and oxygen atoms in total. The molecule has 2 amide bonds. The van der Waals surface area contributed by atoms with Crippen LogP contribution in [0.1, 0.15) is 52.0 Å². The summed E-state index contributed by atoms with van der Waals surface area (Å²) in [4.78, 5) is 30.7. The molecule has 1 aliphatic rings. The van der Waals surface area contributed by atoms with Gasteiger partial charge in [-0.15, -0.1) is 0 Å². The normalized spacial score (nSPS) is 12.8. The number of para-hydroxylation sites is 3. The highest BCUT2D eigenvalue weighted by Gasteiger charge is 2.25. The Balaban J connectivity index is 1.19. The van der Waals surface area contributed by atoms with Gasteiger partial charge >= 0.3 is 0 Å². The number of nitrogens with zero attached hydrogens (tertiary/aromatic N) is 2. The van der Waals surface area contributed by atoms with Crippen molar-refractivity contribution >= 4 is 28.9 Å². The van der Waals surface area contributed by atoms with Gasteiger partial charge < -0.3 is 19.9 Å². The zero-order valence-corrected chi connectivity index (χ0v) is 23.6. The molecule has 0 fully saturated rings. The summed E-state index contributed by atoms with van der Waals surface area (Å²) in [5, 5.41) is 2.94. The SMILES string of the molecule is Cc1ccccc1C(=O)Nc1ccc(C(=O)N2CCCN(CCCCCOc3ccccc3)c3ccccc32)cc1. The van der Waals surface area contributed by atoms with Gasteiger partial charge in [-0.25, -0.2) is 0 Å². The third-order valence-electron chi connectivity index (χ3n) is 7.43. The standard InChI is InChI=1S/C35H37N3O3/c1-27-13-6-7-16-31(27)34(39)36-29-21-19-28(20-22-29)35(40)38-25-12-24-37(32-17-8-9-18-33(32)38)23-10-3-11-26-41-30-14-4-2-5-15-30/h2,4-9,13-22H,3,10-12,23-26H2,1H3,(H,36,39). The topological polar surface area (TPSA) is 61.9 Å². The molecule has 0 unspecified atom stereocenters. The van der Waals surface area contributed by atoms with Crippen molar-refractivity contribution in [2.24, 2.45) is 0 Å². The maximum absolute atomic E-state index is 13.7. The second-order valence-electron chi connectivity index (χ2n) is 10.4. The van der Waals surface area contributed by atoms with Gasteiger partial charge in [-0.2, -0.15) is 0 Å². The summed E-state index contributed by atoms with van der Waals surface area (Å²) in [6.45, 7) is 5.14. The molecule has 0 spiro atoms. The summed E-state index contributed by atoms with van der Waals surface area (Å²) in [6, 6.07) is 32.8. The van der Waals surface area contributed by atoms with Crippen molar-refractivity contribution in [3.8, 4) is 5.75 Å². The first-order valence-electron chi connectivity index (χ1n) is 14.4. The first-order chi connectivity index (χ1) is 20.1. The predicted molar refractivity (Wildman–Crippen MR) is 166 cm³/mol. The Morgan fingerprint density at radius 2 is 1.46 bits per heavy atom. The van der Waals surface area contributed by atoms with Crippen LogP contribution in [0.3, 0.4) is 0 Å². The van der Waals surface area contributed by atoms with E-state index in [4.69, 9.17) is 4.74 Å². The van der Waals surface area contributed by atoms with Crippen LogP contribution in [-0.2, 0) is 0 Å². The summed E-state index contributed by atoms with van der Waals surface area (Å²) in [6.07, 6.45) is 4.05. The number of amides is 2. The molecule has 0 aromatic heterocycles. The van der Waals surface area contributed by atoms with Gasteiger partial charge in [0.15, 0.2) is 0 Å². The molecule has 0 bridgehead atoms. The second-order valence-corrected chi connectivity index (χ2v) is 10.4. The van der Waals surface area contributed by atoms with E-state index in [1.54, 1.807) is 24.3 Å². The lowest BCUT2D eigenvalue weighted by Crippen LogP contribution is -2.31. The largest absolute Gasteiger partial charge is 0.494 e. The van der Waals surface area contributed by atoms with Crippen LogP contribution in [0, 0.1) is 6.92 Å². The van der Waals surface area contributed by atoms with Crippen molar-refractivity contribution in [3.05, 3.63) is 120 Å². The maximum Gasteiger partial charge on any atom is 0.258 e. The first-order valence-corrected chi connectivity index (χ1v) is 14.4. The number of anilines is 3. The van der Waals surface area contributed by atoms with Crippen LogP contribution in [0.15, 0.2) is 103 Å². The molecule has 1 N–H and O–H groups in total. The van der Waals surface area contributed by atoms with Crippen LogP contribution in [0.5, 0.6) is 5.75 Å². The minimum Gasteiger partial charge on any atom is -0.494 e. The highest BCUT2D eigenvalue weighted by molar-refractivity contribution is 6.09. The fraction of sp³-hybridized carbons (Fsp3) is 0.257. The van der Waals surface area contributed by atoms with Crippen molar-refractivity contribution in [2.75, 3.05) is 41.4 Å². The third kappa shape index (κ3) is 7.14. The number of aryl methyl sites for hydroxylation is 1. The molecule has 0 aliphatic carbocycles. The minimum atomic E-state index is -0.160. The predicted octanol–water partition coefficient (Wildman–Crippen LogP) is 7.35. The molecule has 0 atom stereocenters. The third-order valence-corrected chi connectivity index (χ3v) is 7.43. The summed E-state index contributed by atoms with van der Waals surface area (Å²) < 4.78 is 5.83. The lowest BCUT2D eigenvalue weighted by molar-refractivity contribution is 0.0986. The Morgan fingerprint density at radius 3 is 2.24 bits per heavy atom. The van der Waals surface area contributed by atoms with Crippen molar-refractivity contribution in [1.82, 2.24) is 0 Å². The number of hydrogen-bond acceptors (Lipinski definition) is 4.